The summed E-state index contributed by atoms with van der Waals surface area (Å²) in [5.74, 6) is 4.69. The van der Waals surface area contributed by atoms with E-state index in [1.165, 1.54) is 25.7 Å². The van der Waals surface area contributed by atoms with Gasteiger partial charge in [0, 0.05) is 0 Å². The second-order valence-corrected chi connectivity index (χ2v) is 7.15. The number of ether oxygens (including phenoxy) is 2. The van der Waals surface area contributed by atoms with Crippen molar-refractivity contribution in [2.24, 2.45) is 35.5 Å². The van der Waals surface area contributed by atoms with Crippen LogP contribution in [-0.2, 0) is 9.47 Å². The van der Waals surface area contributed by atoms with Gasteiger partial charge in [0.1, 0.15) is 0 Å². The van der Waals surface area contributed by atoms with E-state index in [1.54, 1.807) is 0 Å². The van der Waals surface area contributed by atoms with Crippen molar-refractivity contribution in [3.63, 3.8) is 0 Å². The van der Waals surface area contributed by atoms with Gasteiger partial charge in [0.25, 0.3) is 0 Å². The number of hydrogen-bond donors (Lipinski definition) is 2. The molecule has 3 rings (SSSR count). The van der Waals surface area contributed by atoms with Crippen molar-refractivity contribution >= 4 is 0 Å². The van der Waals surface area contributed by atoms with Gasteiger partial charge in [-0.05, 0) is 68.1 Å². The Morgan fingerprint density at radius 2 is 1.67 bits per heavy atom. The number of rotatable bonds is 8. The largest absolute Gasteiger partial charge is 0.394 e. The normalized spacial score (nSPS) is 42.4. The maximum absolute atomic E-state index is 8.95. The van der Waals surface area contributed by atoms with Crippen molar-refractivity contribution in [3.8, 4) is 0 Å². The van der Waals surface area contributed by atoms with Gasteiger partial charge in [-0.2, -0.15) is 0 Å². The highest BCUT2D eigenvalue weighted by molar-refractivity contribution is 5.07. The molecule has 0 aromatic heterocycles. The predicted octanol–water partition coefficient (Wildman–Crippen LogP) is 1.69. The maximum Gasteiger partial charge on any atom is 0.0701 e. The topological polar surface area (TPSA) is 58.9 Å². The van der Waals surface area contributed by atoms with Gasteiger partial charge in [0.15, 0.2) is 0 Å². The van der Waals surface area contributed by atoms with Crippen molar-refractivity contribution in [1.29, 1.82) is 0 Å². The van der Waals surface area contributed by atoms with Crippen LogP contribution in [0.25, 0.3) is 0 Å². The number of fused-ring (bicyclic) bond motifs is 5. The molecule has 0 heterocycles. The van der Waals surface area contributed by atoms with Gasteiger partial charge in [-0.3, -0.25) is 0 Å². The Balaban J connectivity index is 1.61. The molecular formula is C17H30O4. The van der Waals surface area contributed by atoms with Crippen molar-refractivity contribution in [2.75, 3.05) is 33.0 Å². The Morgan fingerprint density at radius 3 is 2.43 bits per heavy atom. The van der Waals surface area contributed by atoms with Crippen LogP contribution in [-0.4, -0.2) is 49.4 Å². The van der Waals surface area contributed by atoms with Gasteiger partial charge in [-0.15, -0.1) is 0 Å². The smallest absolute Gasteiger partial charge is 0.0701 e. The first-order valence-corrected chi connectivity index (χ1v) is 8.69. The second kappa shape index (κ2) is 6.95. The molecule has 3 saturated carbocycles. The molecular weight excluding hydrogens is 268 g/mol. The van der Waals surface area contributed by atoms with Crippen LogP contribution < -0.4 is 0 Å². The first-order valence-electron chi connectivity index (χ1n) is 8.69. The first kappa shape index (κ1) is 15.7. The van der Waals surface area contributed by atoms with E-state index in [-0.39, 0.29) is 19.3 Å². The van der Waals surface area contributed by atoms with E-state index in [9.17, 15) is 0 Å². The third-order valence-electron chi connectivity index (χ3n) is 6.42. The molecule has 3 fully saturated rings. The van der Waals surface area contributed by atoms with Gasteiger partial charge in [-0.1, -0.05) is 0 Å². The third kappa shape index (κ3) is 2.88. The molecule has 7 atom stereocenters. The summed E-state index contributed by atoms with van der Waals surface area (Å²) in [5.41, 5.74) is 0. The van der Waals surface area contributed by atoms with E-state index < -0.39 is 0 Å². The molecule has 2 bridgehead atoms. The lowest BCUT2D eigenvalue weighted by atomic mass is 9.76. The molecule has 2 N–H and O–H groups in total. The summed E-state index contributed by atoms with van der Waals surface area (Å²) in [5, 5.41) is 17.8. The Kier molecular flexibility index (Phi) is 5.20. The van der Waals surface area contributed by atoms with E-state index in [4.69, 9.17) is 19.7 Å². The van der Waals surface area contributed by atoms with Gasteiger partial charge in [0.2, 0.25) is 0 Å². The van der Waals surface area contributed by atoms with Crippen molar-refractivity contribution in [2.45, 2.75) is 38.7 Å². The molecule has 7 unspecified atom stereocenters. The van der Waals surface area contributed by atoms with E-state index in [0.717, 1.165) is 30.3 Å². The second-order valence-electron chi connectivity index (χ2n) is 7.15. The van der Waals surface area contributed by atoms with Crippen LogP contribution >= 0.6 is 0 Å². The van der Waals surface area contributed by atoms with Crippen LogP contribution in [0.4, 0.5) is 0 Å². The Hall–Kier alpha value is -0.160. The van der Waals surface area contributed by atoms with Crippen LogP contribution in [0.2, 0.25) is 0 Å². The summed E-state index contributed by atoms with van der Waals surface area (Å²) in [6.07, 6.45) is 5.63. The monoisotopic (exact) mass is 298 g/mol. The summed E-state index contributed by atoms with van der Waals surface area (Å²) in [6.45, 7) is 4.21. The van der Waals surface area contributed by atoms with Crippen LogP contribution in [0.1, 0.15) is 32.6 Å². The standard InChI is InChI=1S/C17H30O4/c1-11(21-9-7-19)12-2-4-14-13-3-5-15(17(12)14)16(13)10-20-8-6-18/h11-19H,2-10H2,1H3. The van der Waals surface area contributed by atoms with E-state index in [0.29, 0.717) is 25.0 Å². The molecule has 0 saturated heterocycles. The van der Waals surface area contributed by atoms with Crippen molar-refractivity contribution in [3.05, 3.63) is 0 Å². The molecule has 21 heavy (non-hydrogen) atoms. The average Bonchev–Trinajstić information content (AvgIpc) is 3.15. The quantitative estimate of drug-likeness (QED) is 0.670. The summed E-state index contributed by atoms with van der Waals surface area (Å²) in [4.78, 5) is 0. The van der Waals surface area contributed by atoms with Gasteiger partial charge < -0.3 is 19.7 Å². The lowest BCUT2D eigenvalue weighted by Gasteiger charge is -2.32. The molecule has 4 heteroatoms. The van der Waals surface area contributed by atoms with Crippen LogP contribution in [0.5, 0.6) is 0 Å². The Morgan fingerprint density at radius 1 is 0.952 bits per heavy atom. The highest BCUT2D eigenvalue weighted by Gasteiger charge is 2.59. The van der Waals surface area contributed by atoms with Gasteiger partial charge in [0.05, 0.1) is 39.1 Å². The molecule has 0 aliphatic heterocycles. The van der Waals surface area contributed by atoms with Gasteiger partial charge in [-0.25, -0.2) is 0 Å². The SMILES string of the molecule is CC(OCCO)C1CCC2C3CCC(C3COCCO)C12. The lowest BCUT2D eigenvalue weighted by molar-refractivity contribution is -0.0172. The van der Waals surface area contributed by atoms with Crippen LogP contribution in [0.15, 0.2) is 0 Å². The highest BCUT2D eigenvalue weighted by atomic mass is 16.5. The fourth-order valence-electron chi connectivity index (χ4n) is 5.80. The molecule has 0 aromatic carbocycles. The van der Waals surface area contributed by atoms with Gasteiger partial charge >= 0.3 is 0 Å². The number of hydrogen-bond acceptors (Lipinski definition) is 4. The molecule has 0 amide bonds. The molecule has 4 nitrogen and oxygen atoms in total. The average molecular weight is 298 g/mol. The summed E-state index contributed by atoms with van der Waals surface area (Å²) >= 11 is 0. The fourth-order valence-corrected chi connectivity index (χ4v) is 5.80. The minimum absolute atomic E-state index is 0.120. The van der Waals surface area contributed by atoms with E-state index in [2.05, 4.69) is 6.92 Å². The number of aliphatic hydroxyl groups excluding tert-OH is 2. The van der Waals surface area contributed by atoms with Crippen LogP contribution in [0.3, 0.4) is 0 Å². The summed E-state index contributed by atoms with van der Waals surface area (Å²) < 4.78 is 11.5. The molecule has 0 aromatic rings. The molecule has 0 radical (unpaired) electrons. The summed E-state index contributed by atoms with van der Waals surface area (Å²) in [7, 11) is 0. The van der Waals surface area contributed by atoms with E-state index >= 15 is 0 Å². The Labute approximate surface area is 127 Å². The zero-order valence-corrected chi connectivity index (χ0v) is 13.1. The first-order chi connectivity index (χ1) is 10.3. The number of aliphatic hydroxyl groups is 2. The van der Waals surface area contributed by atoms with Crippen LogP contribution in [0, 0.1) is 35.5 Å². The molecule has 3 aliphatic carbocycles. The minimum atomic E-state index is 0.120. The molecule has 122 valence electrons. The van der Waals surface area contributed by atoms with Crippen molar-refractivity contribution in [1.82, 2.24) is 0 Å². The third-order valence-corrected chi connectivity index (χ3v) is 6.42. The predicted molar refractivity (Wildman–Crippen MR) is 79.8 cm³/mol. The molecule has 3 aliphatic rings. The zero-order chi connectivity index (χ0) is 14.8. The highest BCUT2D eigenvalue weighted by Crippen LogP contribution is 2.64. The molecule has 0 spiro atoms. The van der Waals surface area contributed by atoms with E-state index in [1.807, 2.05) is 0 Å². The maximum atomic E-state index is 8.95. The zero-order valence-electron chi connectivity index (χ0n) is 13.1. The fraction of sp³-hybridized carbons (Fsp3) is 1.00. The lowest BCUT2D eigenvalue weighted by Crippen LogP contribution is -2.31. The Bertz CT molecular complexity index is 335. The van der Waals surface area contributed by atoms with Crippen molar-refractivity contribution < 1.29 is 19.7 Å². The summed E-state index contributed by atoms with van der Waals surface area (Å²) in [6, 6.07) is 0. The minimum Gasteiger partial charge on any atom is -0.394 e.